The van der Waals surface area contributed by atoms with Gasteiger partial charge in [0.2, 0.25) is 0 Å². The second kappa shape index (κ2) is 7.09. The van der Waals surface area contributed by atoms with Crippen molar-refractivity contribution < 1.29 is 13.7 Å². The molecule has 1 aromatic carbocycles. The van der Waals surface area contributed by atoms with Crippen LogP contribution in [0.5, 0.6) is 0 Å². The molecule has 1 unspecified atom stereocenters. The molecule has 0 radical (unpaired) electrons. The molecule has 2 aromatic heterocycles. The first-order chi connectivity index (χ1) is 12.0. The molecular weight excluding hydrogens is 368 g/mol. The van der Waals surface area contributed by atoms with Gasteiger partial charge in [-0.05, 0) is 23.8 Å². The zero-order valence-corrected chi connectivity index (χ0v) is 14.1. The summed E-state index contributed by atoms with van der Waals surface area (Å²) in [6.45, 7) is 0. The van der Waals surface area contributed by atoms with Crippen LogP contribution in [0.3, 0.4) is 0 Å². The fourth-order valence-corrected chi connectivity index (χ4v) is 2.97. The van der Waals surface area contributed by atoms with Gasteiger partial charge >= 0.3 is 0 Å². The van der Waals surface area contributed by atoms with Crippen molar-refractivity contribution in [3.63, 3.8) is 0 Å². The van der Waals surface area contributed by atoms with Gasteiger partial charge in [-0.1, -0.05) is 28.7 Å². The number of rotatable bonds is 5. The van der Waals surface area contributed by atoms with Gasteiger partial charge in [0.25, 0.3) is 5.69 Å². The summed E-state index contributed by atoms with van der Waals surface area (Å²) in [7, 11) is 0. The van der Waals surface area contributed by atoms with Crippen molar-refractivity contribution in [1.82, 2.24) is 14.5 Å². The van der Waals surface area contributed by atoms with Gasteiger partial charge in [0.15, 0.2) is 5.15 Å². The molecule has 0 bridgehead atoms. The number of pyridine rings is 1. The summed E-state index contributed by atoms with van der Waals surface area (Å²) in [4.78, 5) is 18.6. The van der Waals surface area contributed by atoms with Crippen LogP contribution < -0.4 is 0 Å². The van der Waals surface area contributed by atoms with Crippen molar-refractivity contribution in [2.75, 3.05) is 0 Å². The monoisotopic (exact) mass is 377 g/mol. The second-order valence-electron chi connectivity index (χ2n) is 5.03. The van der Waals surface area contributed by atoms with Crippen LogP contribution in [0, 0.1) is 10.1 Å². The highest BCUT2D eigenvalue weighted by Gasteiger charge is 2.15. The quantitative estimate of drug-likeness (QED) is 0.383. The molecule has 25 heavy (non-hydrogen) atoms. The number of nitro groups is 1. The predicted molar refractivity (Wildman–Crippen MR) is 91.1 cm³/mol. The van der Waals surface area contributed by atoms with Gasteiger partial charge in [-0.15, -0.1) is 0 Å². The summed E-state index contributed by atoms with van der Waals surface area (Å²) in [5.41, 5.74) is 1.70. The third kappa shape index (κ3) is 3.73. The van der Waals surface area contributed by atoms with Crippen molar-refractivity contribution in [3.05, 3.63) is 69.8 Å². The topological polar surface area (TPSA) is 114 Å². The third-order valence-electron chi connectivity index (χ3n) is 3.41. The van der Waals surface area contributed by atoms with Gasteiger partial charge in [0.1, 0.15) is 12.1 Å². The Balaban J connectivity index is 1.99. The Morgan fingerprint density at radius 2 is 1.88 bits per heavy atom. The number of imidazole rings is 1. The van der Waals surface area contributed by atoms with Crippen molar-refractivity contribution in [3.8, 4) is 17.1 Å². The number of hydrogen-bond donors (Lipinski definition) is 0. The Bertz CT molecular complexity index is 941. The number of hydrogen-bond acceptors (Lipinski definition) is 6. The zero-order chi connectivity index (χ0) is 18.0. The van der Waals surface area contributed by atoms with Gasteiger partial charge in [-0.3, -0.25) is 18.9 Å². The Hall–Kier alpha value is -2.62. The lowest BCUT2D eigenvalue weighted by molar-refractivity contribution is -0.384. The van der Waals surface area contributed by atoms with E-state index in [2.05, 4.69) is 9.97 Å². The molecule has 2 heterocycles. The maximum absolute atomic E-state index is 10.8. The van der Waals surface area contributed by atoms with E-state index in [1.54, 1.807) is 28.8 Å². The fourth-order valence-electron chi connectivity index (χ4n) is 2.28. The summed E-state index contributed by atoms with van der Waals surface area (Å²) < 4.78 is 23.1. The first kappa shape index (κ1) is 17.2. The maximum atomic E-state index is 10.8. The molecule has 0 spiro atoms. The normalized spacial score (nSPS) is 12.1. The molecule has 0 aliphatic heterocycles. The minimum Gasteiger partial charge on any atom is -0.772 e. The average Bonchev–Trinajstić information content (AvgIpc) is 2.96. The number of nitrogens with zero attached hydrogens (tertiary/aromatic N) is 4. The Kier molecular flexibility index (Phi) is 4.88. The average molecular weight is 378 g/mol. The minimum absolute atomic E-state index is 0.0287. The summed E-state index contributed by atoms with van der Waals surface area (Å²) in [5, 5.41) is 11.0. The van der Waals surface area contributed by atoms with Gasteiger partial charge in [-0.25, -0.2) is 9.97 Å². The highest BCUT2D eigenvalue weighted by Crippen LogP contribution is 2.30. The van der Waals surface area contributed by atoms with Crippen LogP contribution in [0.4, 0.5) is 5.69 Å². The lowest BCUT2D eigenvalue weighted by Crippen LogP contribution is -2.00. The maximum Gasteiger partial charge on any atom is 0.269 e. The number of non-ortho nitro benzene ring substituents is 1. The molecule has 8 nitrogen and oxygen atoms in total. The highest BCUT2D eigenvalue weighted by molar-refractivity contribution is 7.78. The lowest BCUT2D eigenvalue weighted by atomic mass is 10.1. The van der Waals surface area contributed by atoms with Crippen LogP contribution in [-0.4, -0.2) is 28.2 Å². The van der Waals surface area contributed by atoms with Crippen molar-refractivity contribution >= 4 is 28.4 Å². The predicted octanol–water partition coefficient (Wildman–Crippen LogP) is 2.88. The van der Waals surface area contributed by atoms with E-state index < -0.39 is 16.0 Å². The largest absolute Gasteiger partial charge is 0.772 e. The number of aromatic nitrogens is 3. The highest BCUT2D eigenvalue weighted by atomic mass is 35.5. The van der Waals surface area contributed by atoms with Crippen LogP contribution in [0.15, 0.2) is 48.9 Å². The molecule has 0 aliphatic carbocycles. The van der Waals surface area contributed by atoms with Crippen LogP contribution in [0.25, 0.3) is 17.1 Å². The first-order valence-corrected chi connectivity index (χ1v) is 8.57. The minimum atomic E-state index is -2.19. The second-order valence-corrected chi connectivity index (χ2v) is 6.28. The summed E-state index contributed by atoms with van der Waals surface area (Å²) >= 11 is 3.97. The standard InChI is InChI=1S/C15H11ClN4O4S/c16-15-14(11-2-4-12(5-3-11)20(21)22)19(9-18-15)13-6-1-10(7-17-13)8-25(23)24/h1-7,9H,8H2,(H,23,24)/p-1. The molecule has 3 aromatic rings. The number of nitro benzene ring substituents is 1. The number of halogens is 1. The van der Waals surface area contributed by atoms with E-state index in [0.717, 1.165) is 0 Å². The SMILES string of the molecule is O=[N+]([O-])c1ccc(-c2c(Cl)ncn2-c2ccc(CS(=O)[O-])cn2)cc1. The van der Waals surface area contributed by atoms with Gasteiger partial charge < -0.3 is 4.55 Å². The molecule has 0 aliphatic rings. The molecule has 1 atom stereocenters. The van der Waals surface area contributed by atoms with Crippen molar-refractivity contribution in [1.29, 1.82) is 0 Å². The van der Waals surface area contributed by atoms with Gasteiger partial charge in [-0.2, -0.15) is 0 Å². The summed E-state index contributed by atoms with van der Waals surface area (Å²) in [5.74, 6) is 0.376. The molecule has 10 heteroatoms. The Labute approximate surface area is 149 Å². The molecule has 0 amide bonds. The van der Waals surface area contributed by atoms with E-state index in [9.17, 15) is 18.9 Å². The smallest absolute Gasteiger partial charge is 0.269 e. The molecule has 0 saturated carbocycles. The molecule has 0 N–H and O–H groups in total. The van der Waals surface area contributed by atoms with Crippen molar-refractivity contribution in [2.45, 2.75) is 5.75 Å². The number of benzene rings is 1. The van der Waals surface area contributed by atoms with E-state index in [0.29, 0.717) is 22.6 Å². The van der Waals surface area contributed by atoms with Crippen LogP contribution in [0.1, 0.15) is 5.56 Å². The molecular formula is C15H10ClN4O4S-. The molecule has 0 saturated heterocycles. The van der Waals surface area contributed by atoms with E-state index in [1.165, 1.54) is 24.7 Å². The molecule has 3 rings (SSSR count). The molecule has 0 fully saturated rings. The van der Waals surface area contributed by atoms with E-state index >= 15 is 0 Å². The third-order valence-corrected chi connectivity index (χ3v) is 4.26. The fraction of sp³-hybridized carbons (Fsp3) is 0.0667. The van der Waals surface area contributed by atoms with Crippen molar-refractivity contribution in [2.24, 2.45) is 0 Å². The summed E-state index contributed by atoms with van der Waals surface area (Å²) in [6.07, 6.45) is 2.94. The van der Waals surface area contributed by atoms with Crippen LogP contribution in [0.2, 0.25) is 5.15 Å². The van der Waals surface area contributed by atoms with E-state index in [1.807, 2.05) is 0 Å². The first-order valence-electron chi connectivity index (χ1n) is 6.94. The van der Waals surface area contributed by atoms with Crippen LogP contribution in [-0.2, 0) is 16.8 Å². The van der Waals surface area contributed by atoms with Gasteiger partial charge in [0, 0.05) is 29.6 Å². The lowest BCUT2D eigenvalue weighted by Gasteiger charge is -2.09. The van der Waals surface area contributed by atoms with E-state index in [-0.39, 0.29) is 16.6 Å². The van der Waals surface area contributed by atoms with Gasteiger partial charge in [0.05, 0.1) is 10.6 Å². The Morgan fingerprint density at radius 1 is 1.16 bits per heavy atom. The Morgan fingerprint density at radius 3 is 2.44 bits per heavy atom. The van der Waals surface area contributed by atoms with Crippen LogP contribution >= 0.6 is 11.6 Å². The summed E-state index contributed by atoms with van der Waals surface area (Å²) in [6, 6.07) is 9.20. The molecule has 128 valence electrons. The zero-order valence-electron chi connectivity index (χ0n) is 12.5. The van der Waals surface area contributed by atoms with E-state index in [4.69, 9.17) is 11.6 Å².